The summed E-state index contributed by atoms with van der Waals surface area (Å²) < 4.78 is 12.7. The lowest BCUT2D eigenvalue weighted by atomic mass is 9.98. The number of halogens is 3. The Hall–Kier alpha value is -0.500. The van der Waals surface area contributed by atoms with Crippen LogP contribution in [0.15, 0.2) is 34.8 Å². The Morgan fingerprint density at radius 3 is 2.48 bits per heavy atom. The van der Waals surface area contributed by atoms with Crippen molar-refractivity contribution in [1.82, 2.24) is 0 Å². The van der Waals surface area contributed by atoms with Crippen molar-refractivity contribution in [2.24, 2.45) is 5.73 Å². The molecular formula is C15H14BrClINO2. The van der Waals surface area contributed by atoms with Gasteiger partial charge in [0.05, 0.1) is 20.3 Å². The lowest BCUT2D eigenvalue weighted by molar-refractivity contribution is 0.390. The molecule has 2 aromatic carbocycles. The summed E-state index contributed by atoms with van der Waals surface area (Å²) in [7, 11) is 3.14. The predicted octanol–water partition coefficient (Wildman–Crippen LogP) is 4.77. The number of rotatable bonds is 4. The second-order valence-electron chi connectivity index (χ2n) is 4.35. The molecule has 21 heavy (non-hydrogen) atoms. The summed E-state index contributed by atoms with van der Waals surface area (Å²) in [5, 5.41) is 0.426. The van der Waals surface area contributed by atoms with E-state index < -0.39 is 0 Å². The minimum atomic E-state index is -0.354. The first-order valence-corrected chi connectivity index (χ1v) is 8.35. The van der Waals surface area contributed by atoms with Crippen LogP contribution >= 0.6 is 50.1 Å². The van der Waals surface area contributed by atoms with E-state index in [0.29, 0.717) is 16.5 Å². The first-order valence-electron chi connectivity index (χ1n) is 6.10. The number of ether oxygens (including phenoxy) is 2. The molecule has 3 nitrogen and oxygen atoms in total. The van der Waals surface area contributed by atoms with Gasteiger partial charge in [-0.2, -0.15) is 0 Å². The highest BCUT2D eigenvalue weighted by atomic mass is 127. The third-order valence-corrected chi connectivity index (χ3v) is 4.90. The van der Waals surface area contributed by atoms with Crippen LogP contribution in [0.25, 0.3) is 0 Å². The van der Waals surface area contributed by atoms with Crippen LogP contribution in [0.3, 0.4) is 0 Å². The molecule has 0 saturated heterocycles. The summed E-state index contributed by atoms with van der Waals surface area (Å²) in [4.78, 5) is 0. The number of benzene rings is 2. The van der Waals surface area contributed by atoms with E-state index in [-0.39, 0.29) is 6.04 Å². The van der Waals surface area contributed by atoms with Gasteiger partial charge < -0.3 is 15.2 Å². The third-order valence-electron chi connectivity index (χ3n) is 3.14. The first-order chi connectivity index (χ1) is 9.99. The van der Waals surface area contributed by atoms with Crippen LogP contribution in [0.4, 0.5) is 0 Å². The fraction of sp³-hybridized carbons (Fsp3) is 0.200. The number of hydrogen-bond acceptors (Lipinski definition) is 3. The zero-order valence-corrected chi connectivity index (χ0v) is 16.0. The first kappa shape index (κ1) is 16.9. The van der Waals surface area contributed by atoms with Crippen LogP contribution in [0.2, 0.25) is 5.02 Å². The Kier molecular flexibility index (Phi) is 5.76. The average molecular weight is 483 g/mol. The van der Waals surface area contributed by atoms with E-state index in [1.54, 1.807) is 20.3 Å². The predicted molar refractivity (Wildman–Crippen MR) is 97.4 cm³/mol. The quantitative estimate of drug-likeness (QED) is 0.639. The minimum absolute atomic E-state index is 0.354. The van der Waals surface area contributed by atoms with Crippen molar-refractivity contribution in [3.05, 3.63) is 54.5 Å². The van der Waals surface area contributed by atoms with Gasteiger partial charge in [0, 0.05) is 13.6 Å². The Morgan fingerprint density at radius 2 is 1.86 bits per heavy atom. The highest BCUT2D eigenvalue weighted by Crippen LogP contribution is 2.41. The van der Waals surface area contributed by atoms with Crippen molar-refractivity contribution < 1.29 is 9.47 Å². The van der Waals surface area contributed by atoms with Gasteiger partial charge in [-0.3, -0.25) is 0 Å². The molecule has 0 amide bonds. The van der Waals surface area contributed by atoms with E-state index in [1.807, 2.05) is 24.3 Å². The van der Waals surface area contributed by atoms with Crippen molar-refractivity contribution >= 4 is 50.1 Å². The smallest absolute Gasteiger partial charge is 0.146 e. The van der Waals surface area contributed by atoms with Gasteiger partial charge >= 0.3 is 0 Å². The molecule has 1 unspecified atom stereocenters. The number of methoxy groups -OCH3 is 2. The van der Waals surface area contributed by atoms with E-state index in [1.165, 1.54) is 0 Å². The summed E-state index contributed by atoms with van der Waals surface area (Å²) in [6.45, 7) is 0. The molecule has 0 radical (unpaired) electrons. The Labute approximate surface area is 151 Å². The zero-order chi connectivity index (χ0) is 15.6. The number of nitrogens with two attached hydrogens (primary N) is 1. The molecule has 0 aliphatic heterocycles. The van der Waals surface area contributed by atoms with Gasteiger partial charge in [0.25, 0.3) is 0 Å². The Bertz CT molecular complexity index is 666. The maximum atomic E-state index is 6.41. The van der Waals surface area contributed by atoms with Gasteiger partial charge in [-0.05, 0) is 58.5 Å². The standard InChI is InChI=1S/C15H14BrClINO2/c1-20-12-6-4-9(15(21-2)13(12)17)14(19)10-7-8(18)3-5-11(10)16/h3-7,14H,19H2,1-2H3. The molecule has 0 bridgehead atoms. The van der Waals surface area contributed by atoms with Crippen LogP contribution in [-0.2, 0) is 0 Å². The van der Waals surface area contributed by atoms with Crippen molar-refractivity contribution in [2.45, 2.75) is 6.04 Å². The van der Waals surface area contributed by atoms with Gasteiger partial charge in [0.1, 0.15) is 16.5 Å². The van der Waals surface area contributed by atoms with E-state index >= 15 is 0 Å². The normalized spacial score (nSPS) is 12.1. The summed E-state index contributed by atoms with van der Waals surface area (Å²) in [6.07, 6.45) is 0. The lowest BCUT2D eigenvalue weighted by Gasteiger charge is -2.19. The van der Waals surface area contributed by atoms with Gasteiger partial charge in [0.2, 0.25) is 0 Å². The maximum Gasteiger partial charge on any atom is 0.146 e. The molecule has 2 rings (SSSR count). The van der Waals surface area contributed by atoms with Crippen LogP contribution in [-0.4, -0.2) is 14.2 Å². The van der Waals surface area contributed by atoms with Gasteiger partial charge in [-0.1, -0.05) is 27.5 Å². The molecule has 0 heterocycles. The van der Waals surface area contributed by atoms with E-state index in [0.717, 1.165) is 19.2 Å². The largest absolute Gasteiger partial charge is 0.495 e. The molecule has 112 valence electrons. The van der Waals surface area contributed by atoms with E-state index in [9.17, 15) is 0 Å². The topological polar surface area (TPSA) is 44.5 Å². The second-order valence-corrected chi connectivity index (χ2v) is 6.83. The highest BCUT2D eigenvalue weighted by Gasteiger charge is 2.21. The minimum Gasteiger partial charge on any atom is -0.495 e. The van der Waals surface area contributed by atoms with E-state index in [2.05, 4.69) is 38.5 Å². The fourth-order valence-electron chi connectivity index (χ4n) is 2.08. The monoisotopic (exact) mass is 481 g/mol. The molecule has 0 fully saturated rings. The van der Waals surface area contributed by atoms with Gasteiger partial charge in [0.15, 0.2) is 0 Å². The Morgan fingerprint density at radius 1 is 1.14 bits per heavy atom. The van der Waals surface area contributed by atoms with Crippen LogP contribution in [0.1, 0.15) is 17.2 Å². The average Bonchev–Trinajstić information content (AvgIpc) is 2.48. The van der Waals surface area contributed by atoms with Crippen molar-refractivity contribution in [1.29, 1.82) is 0 Å². The fourth-order valence-corrected chi connectivity index (χ4v) is 3.42. The third kappa shape index (κ3) is 3.47. The molecule has 0 saturated carbocycles. The molecule has 2 N–H and O–H groups in total. The summed E-state index contributed by atoms with van der Waals surface area (Å²) in [5.74, 6) is 1.10. The van der Waals surface area contributed by atoms with Crippen molar-refractivity contribution in [3.8, 4) is 11.5 Å². The molecule has 0 aliphatic rings. The lowest BCUT2D eigenvalue weighted by Crippen LogP contribution is -2.14. The molecule has 0 aromatic heterocycles. The summed E-state index contributed by atoms with van der Waals surface area (Å²) in [5.41, 5.74) is 8.19. The second kappa shape index (κ2) is 7.17. The summed E-state index contributed by atoms with van der Waals surface area (Å²) in [6, 6.07) is 9.34. The van der Waals surface area contributed by atoms with Crippen LogP contribution in [0.5, 0.6) is 11.5 Å². The molecule has 0 spiro atoms. The molecule has 6 heteroatoms. The molecular weight excluding hydrogens is 468 g/mol. The van der Waals surface area contributed by atoms with Crippen LogP contribution in [0, 0.1) is 3.57 Å². The SMILES string of the molecule is COc1ccc(C(N)c2cc(I)ccc2Br)c(OC)c1Cl. The Balaban J connectivity index is 2.55. The van der Waals surface area contributed by atoms with Crippen molar-refractivity contribution in [3.63, 3.8) is 0 Å². The van der Waals surface area contributed by atoms with Gasteiger partial charge in [-0.25, -0.2) is 0 Å². The molecule has 2 aromatic rings. The molecule has 1 atom stereocenters. The summed E-state index contributed by atoms with van der Waals surface area (Å²) >= 11 is 12.1. The van der Waals surface area contributed by atoms with Crippen molar-refractivity contribution in [2.75, 3.05) is 14.2 Å². The molecule has 0 aliphatic carbocycles. The van der Waals surface area contributed by atoms with E-state index in [4.69, 9.17) is 26.8 Å². The van der Waals surface area contributed by atoms with Gasteiger partial charge in [-0.15, -0.1) is 0 Å². The maximum absolute atomic E-state index is 6.41. The highest BCUT2D eigenvalue weighted by molar-refractivity contribution is 14.1. The van der Waals surface area contributed by atoms with Crippen LogP contribution < -0.4 is 15.2 Å². The zero-order valence-electron chi connectivity index (χ0n) is 11.5. The number of hydrogen-bond donors (Lipinski definition) is 1.